The van der Waals surface area contributed by atoms with Gasteiger partial charge in [-0.3, -0.25) is 4.79 Å². The van der Waals surface area contributed by atoms with Crippen LogP contribution in [0, 0.1) is 13.8 Å². The normalized spacial score (nSPS) is 14.5. The van der Waals surface area contributed by atoms with E-state index < -0.39 is 5.60 Å². The van der Waals surface area contributed by atoms with Gasteiger partial charge in [-0.25, -0.2) is 9.48 Å². The third kappa shape index (κ3) is 6.59. The monoisotopic (exact) mass is 502 g/mol. The van der Waals surface area contributed by atoms with Crippen LogP contribution in [0.25, 0.3) is 5.69 Å². The standard InChI is InChI=1S/C30H38N4O3/c1-21-11-12-25(19-22(21)2)34-27(24-14-17-33(18-15-24)29(36)37-30(3,4)5)26(20-32-34)28(35)31-16-13-23-9-7-6-8-10-23/h6-12,19-20,24H,13-18H2,1-5H3,(H,31,35). The molecular weight excluding hydrogens is 464 g/mol. The quantitative estimate of drug-likeness (QED) is 0.478. The highest BCUT2D eigenvalue weighted by molar-refractivity contribution is 5.95. The Morgan fingerprint density at radius 2 is 1.73 bits per heavy atom. The summed E-state index contributed by atoms with van der Waals surface area (Å²) in [5, 5.41) is 7.76. The average molecular weight is 503 g/mol. The first-order valence-corrected chi connectivity index (χ1v) is 13.1. The van der Waals surface area contributed by atoms with Crippen molar-refractivity contribution in [2.75, 3.05) is 19.6 Å². The van der Waals surface area contributed by atoms with Crippen molar-refractivity contribution in [1.82, 2.24) is 20.0 Å². The van der Waals surface area contributed by atoms with Crippen LogP contribution in [0.2, 0.25) is 0 Å². The van der Waals surface area contributed by atoms with Gasteiger partial charge in [-0.2, -0.15) is 5.10 Å². The number of aryl methyl sites for hydroxylation is 2. The van der Waals surface area contributed by atoms with E-state index in [1.807, 2.05) is 49.7 Å². The van der Waals surface area contributed by atoms with Crippen LogP contribution in [0.4, 0.5) is 4.79 Å². The molecule has 1 aliphatic heterocycles. The molecule has 0 saturated carbocycles. The number of carbonyl (C=O) groups excluding carboxylic acids is 2. The number of benzene rings is 2. The second-order valence-corrected chi connectivity index (χ2v) is 10.9. The molecule has 37 heavy (non-hydrogen) atoms. The number of likely N-dealkylation sites (tertiary alicyclic amines) is 1. The molecule has 0 radical (unpaired) electrons. The van der Waals surface area contributed by atoms with Gasteiger partial charge in [0.1, 0.15) is 5.60 Å². The first kappa shape index (κ1) is 26.5. The fourth-order valence-corrected chi connectivity index (χ4v) is 4.71. The van der Waals surface area contributed by atoms with E-state index in [1.165, 1.54) is 16.7 Å². The van der Waals surface area contributed by atoms with Gasteiger partial charge in [0.05, 0.1) is 23.1 Å². The molecule has 4 rings (SSSR count). The van der Waals surface area contributed by atoms with Crippen LogP contribution in [-0.4, -0.2) is 51.9 Å². The van der Waals surface area contributed by atoms with Crippen LogP contribution in [0.1, 0.15) is 72.3 Å². The molecule has 1 fully saturated rings. The number of carbonyl (C=O) groups is 2. The lowest BCUT2D eigenvalue weighted by Crippen LogP contribution is -2.41. The smallest absolute Gasteiger partial charge is 0.410 e. The van der Waals surface area contributed by atoms with E-state index in [0.29, 0.717) is 25.2 Å². The molecule has 1 N–H and O–H groups in total. The lowest BCUT2D eigenvalue weighted by atomic mass is 9.90. The fraction of sp³-hybridized carbons (Fsp3) is 0.433. The maximum atomic E-state index is 13.3. The first-order chi connectivity index (χ1) is 17.6. The first-order valence-electron chi connectivity index (χ1n) is 13.1. The summed E-state index contributed by atoms with van der Waals surface area (Å²) in [5.74, 6) is -0.0201. The number of ether oxygens (including phenoxy) is 1. The van der Waals surface area contributed by atoms with Crippen molar-refractivity contribution < 1.29 is 14.3 Å². The van der Waals surface area contributed by atoms with Gasteiger partial charge in [0.15, 0.2) is 0 Å². The van der Waals surface area contributed by atoms with Gasteiger partial charge < -0.3 is 15.0 Å². The maximum absolute atomic E-state index is 13.3. The van der Waals surface area contributed by atoms with Crippen molar-refractivity contribution in [2.24, 2.45) is 0 Å². The SMILES string of the molecule is Cc1ccc(-n2ncc(C(=O)NCCc3ccccc3)c2C2CCN(C(=O)OC(C)(C)C)CC2)cc1C. The Balaban J connectivity index is 1.55. The lowest BCUT2D eigenvalue weighted by Gasteiger charge is -2.34. The van der Waals surface area contributed by atoms with Gasteiger partial charge in [0, 0.05) is 25.6 Å². The van der Waals surface area contributed by atoms with E-state index in [1.54, 1.807) is 11.1 Å². The molecule has 196 valence electrons. The molecule has 0 atom stereocenters. The lowest BCUT2D eigenvalue weighted by molar-refractivity contribution is 0.0203. The third-order valence-corrected chi connectivity index (χ3v) is 6.86. The van der Waals surface area contributed by atoms with Crippen LogP contribution in [-0.2, 0) is 11.2 Å². The summed E-state index contributed by atoms with van der Waals surface area (Å²) in [7, 11) is 0. The molecule has 2 amide bonds. The number of rotatable bonds is 6. The van der Waals surface area contributed by atoms with Gasteiger partial charge in [-0.05, 0) is 82.7 Å². The number of nitrogens with zero attached hydrogens (tertiary/aromatic N) is 3. The minimum atomic E-state index is -0.527. The highest BCUT2D eigenvalue weighted by Crippen LogP contribution is 2.33. The summed E-state index contributed by atoms with van der Waals surface area (Å²) in [5.41, 5.74) is 5.49. The van der Waals surface area contributed by atoms with Crippen molar-refractivity contribution in [3.63, 3.8) is 0 Å². The average Bonchev–Trinajstić information content (AvgIpc) is 3.31. The number of hydrogen-bond acceptors (Lipinski definition) is 4. The molecule has 0 aliphatic carbocycles. The molecular formula is C30H38N4O3. The van der Waals surface area contributed by atoms with E-state index in [4.69, 9.17) is 4.74 Å². The van der Waals surface area contributed by atoms with Crippen LogP contribution < -0.4 is 5.32 Å². The van der Waals surface area contributed by atoms with Gasteiger partial charge in [-0.1, -0.05) is 36.4 Å². The molecule has 0 unspecified atom stereocenters. The van der Waals surface area contributed by atoms with E-state index in [2.05, 4.69) is 48.5 Å². The molecule has 3 aromatic rings. The summed E-state index contributed by atoms with van der Waals surface area (Å²) in [6.07, 6.45) is 3.64. The number of piperidine rings is 1. The largest absolute Gasteiger partial charge is 0.444 e. The number of nitrogens with one attached hydrogen (secondary N) is 1. The van der Waals surface area contributed by atoms with E-state index in [-0.39, 0.29) is 17.9 Å². The maximum Gasteiger partial charge on any atom is 0.410 e. The molecule has 1 aliphatic rings. The summed E-state index contributed by atoms with van der Waals surface area (Å²) < 4.78 is 7.48. The molecule has 2 aromatic carbocycles. The van der Waals surface area contributed by atoms with Gasteiger partial charge in [0.25, 0.3) is 5.91 Å². The number of hydrogen-bond donors (Lipinski definition) is 1. The second kappa shape index (κ2) is 11.2. The minimum Gasteiger partial charge on any atom is -0.444 e. The third-order valence-electron chi connectivity index (χ3n) is 6.86. The molecule has 7 nitrogen and oxygen atoms in total. The van der Waals surface area contributed by atoms with Gasteiger partial charge in [-0.15, -0.1) is 0 Å². The second-order valence-electron chi connectivity index (χ2n) is 10.9. The fourth-order valence-electron chi connectivity index (χ4n) is 4.71. The Morgan fingerprint density at radius 3 is 2.38 bits per heavy atom. The van der Waals surface area contributed by atoms with E-state index in [0.717, 1.165) is 30.6 Å². The number of amides is 2. The van der Waals surface area contributed by atoms with Crippen molar-refractivity contribution in [3.05, 3.63) is 82.7 Å². The Morgan fingerprint density at radius 1 is 1.03 bits per heavy atom. The van der Waals surface area contributed by atoms with Crippen LogP contribution >= 0.6 is 0 Å². The summed E-state index contributed by atoms with van der Waals surface area (Å²) in [6, 6.07) is 16.4. The topological polar surface area (TPSA) is 76.5 Å². The van der Waals surface area contributed by atoms with E-state index in [9.17, 15) is 9.59 Å². The summed E-state index contributed by atoms with van der Waals surface area (Å²) in [6.45, 7) is 11.5. The predicted octanol–water partition coefficient (Wildman–Crippen LogP) is 5.58. The number of aromatic nitrogens is 2. The molecule has 7 heteroatoms. The van der Waals surface area contributed by atoms with Gasteiger partial charge in [0.2, 0.25) is 0 Å². The Labute approximate surface area is 219 Å². The van der Waals surface area contributed by atoms with Crippen LogP contribution in [0.5, 0.6) is 0 Å². The minimum absolute atomic E-state index is 0.0951. The molecule has 1 aromatic heterocycles. The summed E-state index contributed by atoms with van der Waals surface area (Å²) in [4.78, 5) is 27.7. The molecule has 0 bridgehead atoms. The Kier molecular flexibility index (Phi) is 8.00. The van der Waals surface area contributed by atoms with Crippen molar-refractivity contribution >= 4 is 12.0 Å². The predicted molar refractivity (Wildman–Crippen MR) is 145 cm³/mol. The Bertz CT molecular complexity index is 1240. The van der Waals surface area contributed by atoms with E-state index >= 15 is 0 Å². The molecule has 0 spiro atoms. The van der Waals surface area contributed by atoms with Crippen LogP contribution in [0.3, 0.4) is 0 Å². The van der Waals surface area contributed by atoms with Gasteiger partial charge >= 0.3 is 6.09 Å². The summed E-state index contributed by atoms with van der Waals surface area (Å²) >= 11 is 0. The van der Waals surface area contributed by atoms with Crippen molar-refractivity contribution in [2.45, 2.75) is 65.4 Å². The Hall–Kier alpha value is -3.61. The zero-order chi connectivity index (χ0) is 26.6. The van der Waals surface area contributed by atoms with Crippen molar-refractivity contribution in [3.8, 4) is 5.69 Å². The zero-order valence-corrected chi connectivity index (χ0v) is 22.6. The van der Waals surface area contributed by atoms with Crippen molar-refractivity contribution in [1.29, 1.82) is 0 Å². The zero-order valence-electron chi connectivity index (χ0n) is 22.6. The highest BCUT2D eigenvalue weighted by atomic mass is 16.6. The highest BCUT2D eigenvalue weighted by Gasteiger charge is 2.32. The molecule has 2 heterocycles. The van der Waals surface area contributed by atoms with Crippen LogP contribution in [0.15, 0.2) is 54.7 Å². The molecule has 1 saturated heterocycles.